The lowest BCUT2D eigenvalue weighted by Crippen LogP contribution is -2.43. The molecule has 0 saturated carbocycles. The quantitative estimate of drug-likeness (QED) is 0.796. The highest BCUT2D eigenvalue weighted by molar-refractivity contribution is 6.03. The number of rotatable bonds is 5. The Kier molecular flexibility index (Phi) is 4.17. The van der Waals surface area contributed by atoms with Crippen LogP contribution >= 0.6 is 0 Å². The second-order valence-corrected chi connectivity index (χ2v) is 7.73. The number of fused-ring (bicyclic) bond motifs is 1. The Morgan fingerprint density at radius 1 is 1.21 bits per heavy atom. The zero-order valence-corrected chi connectivity index (χ0v) is 16.1. The van der Waals surface area contributed by atoms with Crippen molar-refractivity contribution in [1.82, 2.24) is 5.32 Å². The molecule has 0 aromatic heterocycles. The maximum atomic E-state index is 13.3. The van der Waals surface area contributed by atoms with Crippen LogP contribution in [0.15, 0.2) is 66.7 Å². The van der Waals surface area contributed by atoms with Crippen molar-refractivity contribution < 1.29 is 19.1 Å². The smallest absolute Gasteiger partial charge is 0.234 e. The van der Waals surface area contributed by atoms with Gasteiger partial charge in [-0.1, -0.05) is 42.5 Å². The number of nitrogens with one attached hydrogen (secondary N) is 1. The number of carbonyl (C=O) groups excluding carboxylic acids is 2. The Morgan fingerprint density at radius 2 is 1.97 bits per heavy atom. The van der Waals surface area contributed by atoms with Crippen molar-refractivity contribution in [2.45, 2.75) is 18.2 Å². The summed E-state index contributed by atoms with van der Waals surface area (Å²) in [7, 11) is 1.61. The molecule has 2 saturated heterocycles. The molecule has 1 spiro atoms. The Balaban J connectivity index is 1.37. The van der Waals surface area contributed by atoms with E-state index in [-0.39, 0.29) is 17.9 Å². The van der Waals surface area contributed by atoms with Crippen LogP contribution in [0.25, 0.3) is 0 Å². The second kappa shape index (κ2) is 6.74. The summed E-state index contributed by atoms with van der Waals surface area (Å²) in [5, 5.41) is 2.99. The zero-order chi connectivity index (χ0) is 20.0. The fourth-order valence-electron chi connectivity index (χ4n) is 4.68. The van der Waals surface area contributed by atoms with Crippen molar-refractivity contribution in [1.29, 1.82) is 0 Å². The number of benzene rings is 2. The first kappa shape index (κ1) is 17.9. The summed E-state index contributed by atoms with van der Waals surface area (Å²) in [6.07, 6.45) is 3.54. The van der Waals surface area contributed by atoms with E-state index < -0.39 is 17.4 Å². The van der Waals surface area contributed by atoms with Crippen molar-refractivity contribution in [3.8, 4) is 5.75 Å². The summed E-state index contributed by atoms with van der Waals surface area (Å²) >= 11 is 0. The standard InChI is InChI=1S/C23H22N2O4/c1-28-17-9-7-16(8-10-17)25-14-23-12-11-18(29-23)19(20(23)22(25)27)21(26)24-13-15-5-3-2-4-6-15/h2-12,18-20H,13-14H2,1H3,(H,24,26)/t18-,19?,20+,23+/m1/s1. The fourth-order valence-corrected chi connectivity index (χ4v) is 4.68. The molecule has 4 atom stereocenters. The number of ether oxygens (including phenoxy) is 2. The third kappa shape index (κ3) is 2.83. The Bertz CT molecular complexity index is 972. The van der Waals surface area contributed by atoms with Crippen molar-refractivity contribution in [3.63, 3.8) is 0 Å². The number of nitrogens with zero attached hydrogens (tertiary/aromatic N) is 1. The lowest BCUT2D eigenvalue weighted by molar-refractivity contribution is -0.132. The molecule has 2 aromatic carbocycles. The van der Waals surface area contributed by atoms with E-state index in [2.05, 4.69) is 5.32 Å². The molecule has 6 heteroatoms. The van der Waals surface area contributed by atoms with Crippen molar-refractivity contribution >= 4 is 17.5 Å². The summed E-state index contributed by atoms with van der Waals surface area (Å²) in [5.41, 5.74) is 1.08. The molecule has 1 N–H and O–H groups in total. The van der Waals surface area contributed by atoms with E-state index >= 15 is 0 Å². The molecule has 3 aliphatic rings. The first-order chi connectivity index (χ1) is 14.1. The molecule has 6 nitrogen and oxygen atoms in total. The molecule has 29 heavy (non-hydrogen) atoms. The molecule has 3 heterocycles. The van der Waals surface area contributed by atoms with Gasteiger partial charge in [-0.3, -0.25) is 9.59 Å². The molecule has 0 radical (unpaired) electrons. The molecule has 2 fully saturated rings. The van der Waals surface area contributed by atoms with Crippen LogP contribution < -0.4 is 15.0 Å². The lowest BCUT2D eigenvalue weighted by atomic mass is 9.77. The van der Waals surface area contributed by atoms with E-state index in [0.717, 1.165) is 17.0 Å². The monoisotopic (exact) mass is 390 g/mol. The molecular weight excluding hydrogens is 368 g/mol. The van der Waals surface area contributed by atoms with Gasteiger partial charge in [0.2, 0.25) is 11.8 Å². The molecule has 0 aliphatic carbocycles. The number of anilines is 1. The SMILES string of the molecule is COc1ccc(N2C[C@]34C=C[C@@H](O3)C(C(=O)NCc3ccccc3)[C@H]4C2=O)cc1. The first-order valence-corrected chi connectivity index (χ1v) is 9.75. The summed E-state index contributed by atoms with van der Waals surface area (Å²) in [4.78, 5) is 28.0. The predicted octanol–water partition coefficient (Wildman–Crippen LogP) is 2.30. The molecular formula is C23H22N2O4. The summed E-state index contributed by atoms with van der Waals surface area (Å²) < 4.78 is 11.4. The van der Waals surface area contributed by atoms with Gasteiger partial charge >= 0.3 is 0 Å². The van der Waals surface area contributed by atoms with Crippen LogP contribution in [0.3, 0.4) is 0 Å². The minimum Gasteiger partial charge on any atom is -0.497 e. The molecule has 5 rings (SSSR count). The van der Waals surface area contributed by atoms with Crippen LogP contribution in [-0.2, 0) is 20.9 Å². The van der Waals surface area contributed by atoms with E-state index in [1.54, 1.807) is 12.0 Å². The van der Waals surface area contributed by atoms with Crippen LogP contribution in [-0.4, -0.2) is 37.2 Å². The van der Waals surface area contributed by atoms with Crippen LogP contribution in [0.5, 0.6) is 5.75 Å². The maximum absolute atomic E-state index is 13.3. The van der Waals surface area contributed by atoms with Gasteiger partial charge in [0.25, 0.3) is 0 Å². The third-order valence-electron chi connectivity index (χ3n) is 6.10. The molecule has 148 valence electrons. The first-order valence-electron chi connectivity index (χ1n) is 9.75. The van der Waals surface area contributed by atoms with E-state index in [0.29, 0.717) is 13.1 Å². The Labute approximate surface area is 169 Å². The predicted molar refractivity (Wildman–Crippen MR) is 107 cm³/mol. The van der Waals surface area contributed by atoms with Gasteiger partial charge in [-0.05, 0) is 29.8 Å². The average Bonchev–Trinajstić information content (AvgIpc) is 3.41. The van der Waals surface area contributed by atoms with Crippen molar-refractivity contribution in [3.05, 3.63) is 72.3 Å². The van der Waals surface area contributed by atoms with Gasteiger partial charge in [0.1, 0.15) is 11.4 Å². The molecule has 3 aliphatic heterocycles. The Hall–Kier alpha value is -3.12. The Morgan fingerprint density at radius 3 is 2.69 bits per heavy atom. The van der Waals surface area contributed by atoms with Crippen molar-refractivity contribution in [2.75, 3.05) is 18.6 Å². The maximum Gasteiger partial charge on any atom is 0.234 e. The van der Waals surface area contributed by atoms with Gasteiger partial charge in [0, 0.05) is 12.2 Å². The van der Waals surface area contributed by atoms with Gasteiger partial charge in [0.15, 0.2) is 0 Å². The van der Waals surface area contributed by atoms with Crippen LogP contribution in [0.2, 0.25) is 0 Å². The topological polar surface area (TPSA) is 67.9 Å². The second-order valence-electron chi connectivity index (χ2n) is 7.73. The highest BCUT2D eigenvalue weighted by Gasteiger charge is 2.67. The van der Waals surface area contributed by atoms with E-state index in [1.807, 2.05) is 66.7 Å². The number of methoxy groups -OCH3 is 1. The van der Waals surface area contributed by atoms with Crippen LogP contribution in [0, 0.1) is 11.8 Å². The molecule has 1 unspecified atom stereocenters. The van der Waals surface area contributed by atoms with Gasteiger partial charge < -0.3 is 19.7 Å². The molecule has 2 amide bonds. The van der Waals surface area contributed by atoms with Gasteiger partial charge in [-0.25, -0.2) is 0 Å². The van der Waals surface area contributed by atoms with Gasteiger partial charge in [-0.2, -0.15) is 0 Å². The number of hydrogen-bond acceptors (Lipinski definition) is 4. The number of amides is 2. The lowest BCUT2D eigenvalue weighted by Gasteiger charge is -2.23. The van der Waals surface area contributed by atoms with E-state index in [1.165, 1.54) is 0 Å². The minimum absolute atomic E-state index is 0.0677. The van der Waals surface area contributed by atoms with E-state index in [9.17, 15) is 9.59 Å². The number of hydrogen-bond donors (Lipinski definition) is 1. The zero-order valence-electron chi connectivity index (χ0n) is 16.1. The minimum atomic E-state index is -0.726. The molecule has 2 aromatic rings. The van der Waals surface area contributed by atoms with Gasteiger partial charge in [-0.15, -0.1) is 0 Å². The summed E-state index contributed by atoms with van der Waals surface area (Å²) in [5.74, 6) is -0.495. The largest absolute Gasteiger partial charge is 0.497 e. The average molecular weight is 390 g/mol. The van der Waals surface area contributed by atoms with E-state index in [4.69, 9.17) is 9.47 Å². The fraction of sp³-hybridized carbons (Fsp3) is 0.304. The molecule has 2 bridgehead atoms. The number of carbonyl (C=O) groups is 2. The normalized spacial score (nSPS) is 29.2. The van der Waals surface area contributed by atoms with Gasteiger partial charge in [0.05, 0.1) is 31.6 Å². The highest BCUT2D eigenvalue weighted by Crippen LogP contribution is 2.52. The third-order valence-corrected chi connectivity index (χ3v) is 6.10. The van der Waals surface area contributed by atoms with Crippen LogP contribution in [0.4, 0.5) is 5.69 Å². The van der Waals surface area contributed by atoms with Crippen molar-refractivity contribution in [2.24, 2.45) is 11.8 Å². The summed E-state index contributed by atoms with van der Waals surface area (Å²) in [6, 6.07) is 17.1. The van der Waals surface area contributed by atoms with Crippen LogP contribution in [0.1, 0.15) is 5.56 Å². The summed E-state index contributed by atoms with van der Waals surface area (Å²) in [6.45, 7) is 0.848. The highest BCUT2D eigenvalue weighted by atomic mass is 16.5.